The molecule has 1 aromatic rings. The van der Waals surface area contributed by atoms with Gasteiger partial charge in [0, 0.05) is 10.9 Å². The molecule has 1 nitrogen and oxygen atoms in total. The van der Waals surface area contributed by atoms with Crippen LogP contribution in [0, 0.1) is 0 Å². The lowest BCUT2D eigenvalue weighted by Gasteiger charge is -2.15. The number of rotatable bonds is 9. The smallest absolute Gasteiger partial charge is 0.0561 e. The van der Waals surface area contributed by atoms with E-state index in [4.69, 9.17) is 11.6 Å². The minimum atomic E-state index is 0.439. The number of hydrogen-bond donors (Lipinski definition) is 1. The molecule has 0 amide bonds. The van der Waals surface area contributed by atoms with Gasteiger partial charge in [-0.25, -0.2) is 0 Å². The Morgan fingerprint density at radius 3 is 2.53 bits per heavy atom. The molecular weight excluding hydrogens is 250 g/mol. The molecule has 0 spiro atoms. The summed E-state index contributed by atoms with van der Waals surface area (Å²) in [5.74, 6) is 0. The Kier molecular flexibility index (Phi) is 7.91. The minimum absolute atomic E-state index is 0.439. The van der Waals surface area contributed by atoms with Crippen molar-refractivity contribution < 1.29 is 0 Å². The molecule has 1 atom stereocenters. The zero-order chi connectivity index (χ0) is 12.5. The average Bonchev–Trinajstić information content (AvgIpc) is 2.75. The van der Waals surface area contributed by atoms with Gasteiger partial charge in [-0.15, -0.1) is 11.3 Å². The van der Waals surface area contributed by atoms with E-state index in [2.05, 4.69) is 17.6 Å². The van der Waals surface area contributed by atoms with Crippen molar-refractivity contribution in [1.29, 1.82) is 0 Å². The number of nitrogens with one attached hydrogen (secondary N) is 1. The van der Waals surface area contributed by atoms with Gasteiger partial charge < -0.3 is 5.32 Å². The molecule has 1 heterocycles. The molecule has 0 radical (unpaired) electrons. The van der Waals surface area contributed by atoms with Crippen LogP contribution in [0.3, 0.4) is 0 Å². The topological polar surface area (TPSA) is 12.0 Å². The van der Waals surface area contributed by atoms with Gasteiger partial charge >= 0.3 is 0 Å². The number of halogens is 1. The van der Waals surface area contributed by atoms with Crippen molar-refractivity contribution in [1.82, 2.24) is 5.32 Å². The minimum Gasteiger partial charge on any atom is -0.312 e. The number of unbranched alkanes of at least 4 members (excludes halogenated alkanes) is 5. The molecule has 0 aliphatic rings. The summed E-state index contributed by atoms with van der Waals surface area (Å²) in [6.45, 7) is 2.26. The molecule has 0 bridgehead atoms. The van der Waals surface area contributed by atoms with Crippen molar-refractivity contribution in [3.8, 4) is 0 Å². The summed E-state index contributed by atoms with van der Waals surface area (Å²) < 4.78 is 0. The first-order valence-electron chi connectivity index (χ1n) is 6.69. The van der Waals surface area contributed by atoms with E-state index in [1.165, 1.54) is 49.8 Å². The van der Waals surface area contributed by atoms with Crippen molar-refractivity contribution in [2.24, 2.45) is 0 Å². The van der Waals surface area contributed by atoms with E-state index in [-0.39, 0.29) is 0 Å². The van der Waals surface area contributed by atoms with Crippen molar-refractivity contribution in [2.45, 2.75) is 57.9 Å². The fourth-order valence-electron chi connectivity index (χ4n) is 2.09. The quantitative estimate of drug-likeness (QED) is 0.593. The zero-order valence-corrected chi connectivity index (χ0v) is 12.5. The van der Waals surface area contributed by atoms with E-state index >= 15 is 0 Å². The summed E-state index contributed by atoms with van der Waals surface area (Å²) in [7, 11) is 2.03. The van der Waals surface area contributed by atoms with E-state index in [1.807, 2.05) is 13.1 Å². The van der Waals surface area contributed by atoms with Crippen molar-refractivity contribution in [3.05, 3.63) is 21.3 Å². The van der Waals surface area contributed by atoms with Crippen LogP contribution >= 0.6 is 22.9 Å². The van der Waals surface area contributed by atoms with Gasteiger partial charge in [-0.05, 0) is 24.9 Å². The lowest BCUT2D eigenvalue weighted by molar-refractivity contribution is 0.503. The SMILES string of the molecule is CCCCCCCCC(NC)c1sccc1Cl. The molecule has 1 N–H and O–H groups in total. The second kappa shape index (κ2) is 8.96. The Bertz CT molecular complexity index is 298. The number of hydrogen-bond acceptors (Lipinski definition) is 2. The summed E-state index contributed by atoms with van der Waals surface area (Å²) in [5.41, 5.74) is 0. The summed E-state index contributed by atoms with van der Waals surface area (Å²) in [6, 6.07) is 2.43. The second-order valence-electron chi connectivity index (χ2n) is 4.53. The molecule has 0 aliphatic carbocycles. The standard InChI is InChI=1S/C14H24ClNS/c1-3-4-5-6-7-8-9-13(16-2)14-12(15)10-11-17-14/h10-11,13,16H,3-9H2,1-2H3. The maximum absolute atomic E-state index is 6.17. The maximum atomic E-state index is 6.17. The molecular formula is C14H24ClNS. The van der Waals surface area contributed by atoms with Gasteiger partial charge in [0.1, 0.15) is 0 Å². The lowest BCUT2D eigenvalue weighted by Crippen LogP contribution is -2.15. The van der Waals surface area contributed by atoms with Crippen molar-refractivity contribution in [2.75, 3.05) is 7.05 Å². The molecule has 1 unspecified atom stereocenters. The molecule has 3 heteroatoms. The van der Waals surface area contributed by atoms with Gasteiger partial charge in [0.05, 0.1) is 5.02 Å². The van der Waals surface area contributed by atoms with Gasteiger partial charge in [0.25, 0.3) is 0 Å². The highest BCUT2D eigenvalue weighted by Gasteiger charge is 2.13. The van der Waals surface area contributed by atoms with Gasteiger partial charge in [0.15, 0.2) is 0 Å². The van der Waals surface area contributed by atoms with Crippen LogP contribution in [-0.4, -0.2) is 7.05 Å². The van der Waals surface area contributed by atoms with Gasteiger partial charge in [0.2, 0.25) is 0 Å². The molecule has 0 aliphatic heterocycles. The maximum Gasteiger partial charge on any atom is 0.0561 e. The predicted octanol–water partition coefficient (Wildman–Crippen LogP) is 5.41. The van der Waals surface area contributed by atoms with Crippen LogP contribution in [-0.2, 0) is 0 Å². The molecule has 0 aromatic carbocycles. The number of thiophene rings is 1. The lowest BCUT2D eigenvalue weighted by atomic mass is 10.0. The summed E-state index contributed by atoms with van der Waals surface area (Å²) in [6.07, 6.45) is 9.31. The predicted molar refractivity (Wildman–Crippen MR) is 79.1 cm³/mol. The third kappa shape index (κ3) is 5.41. The summed E-state index contributed by atoms with van der Waals surface area (Å²) in [5, 5.41) is 6.36. The van der Waals surface area contributed by atoms with E-state index in [0.717, 1.165) is 5.02 Å². The van der Waals surface area contributed by atoms with Crippen LogP contribution in [0.25, 0.3) is 0 Å². The molecule has 17 heavy (non-hydrogen) atoms. The normalized spacial score (nSPS) is 12.9. The molecule has 0 saturated heterocycles. The van der Waals surface area contributed by atoms with Crippen LogP contribution in [0.4, 0.5) is 0 Å². The average molecular weight is 274 g/mol. The molecule has 98 valence electrons. The molecule has 1 rings (SSSR count). The monoisotopic (exact) mass is 273 g/mol. The molecule has 0 fully saturated rings. The fraction of sp³-hybridized carbons (Fsp3) is 0.714. The molecule has 0 saturated carbocycles. The van der Waals surface area contributed by atoms with Gasteiger partial charge in [-0.3, -0.25) is 0 Å². The highest BCUT2D eigenvalue weighted by molar-refractivity contribution is 7.10. The third-order valence-electron chi connectivity index (χ3n) is 3.16. The molecule has 1 aromatic heterocycles. The fourth-order valence-corrected chi connectivity index (χ4v) is 3.42. The van der Waals surface area contributed by atoms with Crippen LogP contribution < -0.4 is 5.32 Å². The first-order chi connectivity index (χ1) is 8.29. The van der Waals surface area contributed by atoms with E-state index in [9.17, 15) is 0 Å². The zero-order valence-electron chi connectivity index (χ0n) is 11.0. The van der Waals surface area contributed by atoms with Crippen molar-refractivity contribution in [3.63, 3.8) is 0 Å². The first kappa shape index (κ1) is 15.0. The van der Waals surface area contributed by atoms with Crippen molar-refractivity contribution >= 4 is 22.9 Å². The van der Waals surface area contributed by atoms with Crippen LogP contribution in [0.15, 0.2) is 11.4 Å². The Morgan fingerprint density at radius 2 is 1.94 bits per heavy atom. The van der Waals surface area contributed by atoms with Crippen LogP contribution in [0.2, 0.25) is 5.02 Å². The van der Waals surface area contributed by atoms with Crippen LogP contribution in [0.5, 0.6) is 0 Å². The van der Waals surface area contributed by atoms with E-state index in [1.54, 1.807) is 11.3 Å². The van der Waals surface area contributed by atoms with Crippen LogP contribution in [0.1, 0.15) is 62.8 Å². The van der Waals surface area contributed by atoms with Gasteiger partial charge in [-0.1, -0.05) is 57.0 Å². The highest BCUT2D eigenvalue weighted by Crippen LogP contribution is 2.31. The van der Waals surface area contributed by atoms with Gasteiger partial charge in [-0.2, -0.15) is 0 Å². The Morgan fingerprint density at radius 1 is 1.24 bits per heavy atom. The Hall–Kier alpha value is -0.0500. The Labute approximate surface area is 115 Å². The Balaban J connectivity index is 2.22. The highest BCUT2D eigenvalue weighted by atomic mass is 35.5. The third-order valence-corrected chi connectivity index (χ3v) is 4.63. The van der Waals surface area contributed by atoms with E-state index < -0.39 is 0 Å². The largest absolute Gasteiger partial charge is 0.312 e. The summed E-state index contributed by atoms with van der Waals surface area (Å²) in [4.78, 5) is 1.29. The first-order valence-corrected chi connectivity index (χ1v) is 7.95. The second-order valence-corrected chi connectivity index (χ2v) is 5.89. The summed E-state index contributed by atoms with van der Waals surface area (Å²) >= 11 is 7.92. The van der Waals surface area contributed by atoms with E-state index in [0.29, 0.717) is 6.04 Å².